The largest absolute Gasteiger partial charge is 0.461 e. The van der Waals surface area contributed by atoms with Crippen LogP contribution in [0.5, 0.6) is 0 Å². The lowest BCUT2D eigenvalue weighted by Gasteiger charge is -2.49. The first-order valence-corrected chi connectivity index (χ1v) is 18.9. The molecule has 0 saturated carbocycles. The van der Waals surface area contributed by atoms with Gasteiger partial charge < -0.3 is 38.5 Å². The standard InChI is InChI=1S/C33H55NO10Si/c1-8-27-30(38)31(44-45(6,7)33(3,4)5)29(34-24(2)35)32(43-27)41-22-21-39-18-12-15-26(36)16-19-40-20-17-28(37)42-23-25-13-10-9-11-14-25/h9-11,13-14,27,29-32,38H,8,12,15-23H2,1-7H3,(H,34,35). The number of benzene rings is 1. The molecule has 0 spiro atoms. The molecule has 1 aromatic rings. The van der Waals surface area contributed by atoms with Crippen LogP contribution in [0.3, 0.4) is 0 Å². The number of aliphatic hydroxyl groups excluding tert-OH is 1. The van der Waals surface area contributed by atoms with Gasteiger partial charge in [0.2, 0.25) is 5.91 Å². The summed E-state index contributed by atoms with van der Waals surface area (Å²) in [5, 5.41) is 13.9. The molecule has 0 radical (unpaired) electrons. The van der Waals surface area contributed by atoms with Crippen LogP contribution in [0.15, 0.2) is 30.3 Å². The summed E-state index contributed by atoms with van der Waals surface area (Å²) in [6.45, 7) is 15.5. The van der Waals surface area contributed by atoms with Crippen LogP contribution in [-0.4, -0.2) is 94.8 Å². The van der Waals surface area contributed by atoms with Gasteiger partial charge in [-0.05, 0) is 36.5 Å². The number of esters is 1. The molecular weight excluding hydrogens is 598 g/mol. The Morgan fingerprint density at radius 3 is 2.27 bits per heavy atom. The quantitative estimate of drug-likeness (QED) is 0.119. The maximum Gasteiger partial charge on any atom is 0.308 e. The zero-order valence-corrected chi connectivity index (χ0v) is 29.2. The van der Waals surface area contributed by atoms with Gasteiger partial charge in [-0.15, -0.1) is 0 Å². The van der Waals surface area contributed by atoms with Crippen LogP contribution in [0.25, 0.3) is 0 Å². The van der Waals surface area contributed by atoms with Gasteiger partial charge in [-0.1, -0.05) is 58.0 Å². The Morgan fingerprint density at radius 2 is 1.62 bits per heavy atom. The van der Waals surface area contributed by atoms with Gasteiger partial charge in [0, 0.05) is 26.4 Å². The minimum absolute atomic E-state index is 0.0622. The highest BCUT2D eigenvalue weighted by Gasteiger charge is 2.50. The lowest BCUT2D eigenvalue weighted by molar-refractivity contribution is -0.264. The average molecular weight is 654 g/mol. The number of aliphatic hydroxyl groups is 1. The molecule has 1 aliphatic rings. The Balaban J connectivity index is 1.66. The second-order valence-corrected chi connectivity index (χ2v) is 17.7. The minimum atomic E-state index is -2.29. The molecule has 0 aliphatic carbocycles. The fourth-order valence-corrected chi connectivity index (χ4v) is 5.84. The lowest BCUT2D eigenvalue weighted by atomic mass is 9.95. The third kappa shape index (κ3) is 14.0. The van der Waals surface area contributed by atoms with E-state index in [9.17, 15) is 19.5 Å². The number of ketones is 1. The Hall–Kier alpha value is -2.19. The second kappa shape index (κ2) is 19.5. The molecular formula is C33H55NO10Si. The third-order valence-electron chi connectivity index (χ3n) is 8.16. The zero-order chi connectivity index (χ0) is 33.5. The number of Topliss-reactive ketones (excluding diaryl/α,β-unsaturated/α-hetero) is 1. The van der Waals surface area contributed by atoms with Gasteiger partial charge in [0.05, 0.1) is 45.1 Å². The van der Waals surface area contributed by atoms with Crippen molar-refractivity contribution in [2.24, 2.45) is 0 Å². The molecule has 1 amide bonds. The van der Waals surface area contributed by atoms with Crippen molar-refractivity contribution in [3.05, 3.63) is 35.9 Å². The number of rotatable bonds is 20. The highest BCUT2D eigenvalue weighted by molar-refractivity contribution is 6.74. The van der Waals surface area contributed by atoms with E-state index in [-0.39, 0.29) is 68.6 Å². The van der Waals surface area contributed by atoms with Gasteiger partial charge in [-0.3, -0.25) is 14.4 Å². The van der Waals surface area contributed by atoms with Gasteiger partial charge in [0.1, 0.15) is 24.5 Å². The summed E-state index contributed by atoms with van der Waals surface area (Å²) in [5.41, 5.74) is 0.925. The molecule has 11 nitrogen and oxygen atoms in total. The molecule has 2 rings (SSSR count). The smallest absolute Gasteiger partial charge is 0.308 e. The molecule has 5 atom stereocenters. The summed E-state index contributed by atoms with van der Waals surface area (Å²) in [5.74, 6) is -0.544. The van der Waals surface area contributed by atoms with Crippen molar-refractivity contribution in [1.82, 2.24) is 5.32 Å². The van der Waals surface area contributed by atoms with Crippen LogP contribution >= 0.6 is 0 Å². The van der Waals surface area contributed by atoms with E-state index in [1.54, 1.807) is 0 Å². The Morgan fingerprint density at radius 1 is 0.956 bits per heavy atom. The van der Waals surface area contributed by atoms with Crippen LogP contribution in [-0.2, 0) is 49.1 Å². The van der Waals surface area contributed by atoms with Crippen LogP contribution in [0.4, 0.5) is 0 Å². The van der Waals surface area contributed by atoms with Gasteiger partial charge in [0.15, 0.2) is 14.6 Å². The maximum atomic E-state index is 12.2. The SMILES string of the molecule is CCC1OC(OCCOCCCC(=O)CCOCCC(=O)OCc2ccccc2)C(NC(C)=O)C(O[Si](C)(C)C(C)(C)C)C1O. The summed E-state index contributed by atoms with van der Waals surface area (Å²) in [4.78, 5) is 36.1. The maximum absolute atomic E-state index is 12.2. The van der Waals surface area contributed by atoms with Crippen molar-refractivity contribution in [3.8, 4) is 0 Å². The zero-order valence-electron chi connectivity index (χ0n) is 28.2. The fourth-order valence-electron chi connectivity index (χ4n) is 4.52. The highest BCUT2D eigenvalue weighted by Crippen LogP contribution is 2.39. The third-order valence-corrected chi connectivity index (χ3v) is 12.6. The van der Waals surface area contributed by atoms with Gasteiger partial charge in [-0.2, -0.15) is 0 Å². The second-order valence-electron chi connectivity index (χ2n) is 12.9. The number of carbonyl (C=O) groups excluding carboxylic acids is 3. The van der Waals surface area contributed by atoms with Crippen molar-refractivity contribution in [2.45, 2.75) is 122 Å². The van der Waals surface area contributed by atoms with Crippen LogP contribution in [0.2, 0.25) is 18.1 Å². The summed E-state index contributed by atoms with van der Waals surface area (Å²) in [6.07, 6.45) is -1.01. The van der Waals surface area contributed by atoms with E-state index in [1.165, 1.54) is 6.92 Å². The Kier molecular flexibility index (Phi) is 16.9. The molecule has 0 aromatic heterocycles. The molecule has 1 fully saturated rings. The number of hydrogen-bond acceptors (Lipinski definition) is 10. The first-order chi connectivity index (χ1) is 21.2. The first kappa shape index (κ1) is 39.0. The van der Waals surface area contributed by atoms with Crippen molar-refractivity contribution in [3.63, 3.8) is 0 Å². The summed E-state index contributed by atoms with van der Waals surface area (Å²) in [7, 11) is -2.29. The van der Waals surface area contributed by atoms with Crippen molar-refractivity contribution in [1.29, 1.82) is 0 Å². The molecule has 1 aliphatic heterocycles. The van der Waals surface area contributed by atoms with E-state index in [1.807, 2.05) is 37.3 Å². The van der Waals surface area contributed by atoms with E-state index in [4.69, 9.17) is 28.1 Å². The van der Waals surface area contributed by atoms with Crippen molar-refractivity contribution in [2.75, 3.05) is 33.0 Å². The lowest BCUT2D eigenvalue weighted by Crippen LogP contribution is -2.67. The number of nitrogens with one attached hydrogen (secondary N) is 1. The van der Waals surface area contributed by atoms with Crippen molar-refractivity contribution < 1.29 is 47.6 Å². The van der Waals surface area contributed by atoms with Crippen LogP contribution < -0.4 is 5.32 Å². The molecule has 12 heteroatoms. The number of ether oxygens (including phenoxy) is 5. The van der Waals surface area contributed by atoms with Crippen LogP contribution in [0.1, 0.15) is 72.3 Å². The molecule has 2 N–H and O–H groups in total. The molecule has 256 valence electrons. The molecule has 45 heavy (non-hydrogen) atoms. The number of amides is 1. The normalized spacial score (nSPS) is 22.2. The number of carbonyl (C=O) groups is 3. The molecule has 1 saturated heterocycles. The van der Waals surface area contributed by atoms with E-state index in [2.05, 4.69) is 39.2 Å². The van der Waals surface area contributed by atoms with Gasteiger partial charge >= 0.3 is 5.97 Å². The highest BCUT2D eigenvalue weighted by atomic mass is 28.4. The predicted octanol–water partition coefficient (Wildman–Crippen LogP) is 4.30. The number of hydrogen-bond donors (Lipinski definition) is 2. The summed E-state index contributed by atoms with van der Waals surface area (Å²) < 4.78 is 35.0. The average Bonchev–Trinajstić information content (AvgIpc) is 2.97. The fraction of sp³-hybridized carbons (Fsp3) is 0.727. The van der Waals surface area contributed by atoms with E-state index >= 15 is 0 Å². The van der Waals surface area contributed by atoms with Gasteiger partial charge in [0.25, 0.3) is 0 Å². The van der Waals surface area contributed by atoms with Gasteiger partial charge in [-0.25, -0.2) is 0 Å². The molecule has 0 bridgehead atoms. The molecule has 5 unspecified atom stereocenters. The van der Waals surface area contributed by atoms with Crippen molar-refractivity contribution >= 4 is 26.0 Å². The van der Waals surface area contributed by atoms with E-state index in [0.29, 0.717) is 25.9 Å². The van der Waals surface area contributed by atoms with E-state index < -0.39 is 39.0 Å². The molecule has 1 heterocycles. The molecule has 1 aromatic carbocycles. The van der Waals surface area contributed by atoms with Crippen LogP contribution in [0, 0.1) is 0 Å². The Bertz CT molecular complexity index is 1030. The topological polar surface area (TPSA) is 139 Å². The summed E-state index contributed by atoms with van der Waals surface area (Å²) >= 11 is 0. The monoisotopic (exact) mass is 653 g/mol. The summed E-state index contributed by atoms with van der Waals surface area (Å²) in [6, 6.07) is 8.77. The van der Waals surface area contributed by atoms with E-state index in [0.717, 1.165) is 5.56 Å². The minimum Gasteiger partial charge on any atom is -0.461 e. The predicted molar refractivity (Wildman–Crippen MR) is 172 cm³/mol. The first-order valence-electron chi connectivity index (χ1n) is 16.0. The Labute approximate surface area is 269 Å².